The molecule has 0 saturated carbocycles. The van der Waals surface area contributed by atoms with Crippen molar-refractivity contribution in [3.63, 3.8) is 0 Å². The molecule has 0 unspecified atom stereocenters. The topological polar surface area (TPSA) is 50.9 Å². The molecule has 0 saturated heterocycles. The van der Waals surface area contributed by atoms with Crippen LogP contribution in [0.3, 0.4) is 0 Å². The van der Waals surface area contributed by atoms with Crippen molar-refractivity contribution >= 4 is 11.0 Å². The third kappa shape index (κ3) is 7.78. The minimum absolute atomic E-state index is 0.0290. The van der Waals surface area contributed by atoms with Crippen LogP contribution < -0.4 is 0 Å². The molecule has 0 aliphatic carbocycles. The molecule has 4 heteroatoms. The summed E-state index contributed by atoms with van der Waals surface area (Å²) in [5.41, 5.74) is 17.8. The lowest BCUT2D eigenvalue weighted by molar-refractivity contribution is 0.477. The van der Waals surface area contributed by atoms with E-state index < -0.39 is 0 Å². The highest BCUT2D eigenvalue weighted by Crippen LogP contribution is 2.43. The van der Waals surface area contributed by atoms with Crippen molar-refractivity contribution in [3.8, 4) is 78.6 Å². The van der Waals surface area contributed by atoms with E-state index in [4.69, 9.17) is 9.97 Å². The highest BCUT2D eigenvalue weighted by atomic mass is 16.3. The Kier molecular flexibility index (Phi) is 10.0. The Hall–Kier alpha value is -7.04. The van der Waals surface area contributed by atoms with Crippen LogP contribution in [0.4, 0.5) is 0 Å². The number of phenolic OH excluding ortho intramolecular Hbond substituents is 1. The fourth-order valence-corrected chi connectivity index (χ4v) is 8.24. The van der Waals surface area contributed by atoms with Gasteiger partial charge in [-0.15, -0.1) is 0 Å². The van der Waals surface area contributed by atoms with E-state index in [0.717, 1.165) is 72.5 Å². The number of rotatable bonds is 7. The molecule has 0 aliphatic heterocycles. The van der Waals surface area contributed by atoms with Crippen molar-refractivity contribution in [2.24, 2.45) is 0 Å². The minimum atomic E-state index is -0.0701. The summed E-state index contributed by atoms with van der Waals surface area (Å²) in [6.07, 6.45) is 1.90. The maximum Gasteiger partial charge on any atom is 0.149 e. The van der Waals surface area contributed by atoms with E-state index in [-0.39, 0.29) is 16.6 Å². The Bertz CT molecular complexity index is 3030. The van der Waals surface area contributed by atoms with Gasteiger partial charge in [0.15, 0.2) is 0 Å². The largest absolute Gasteiger partial charge is 0.507 e. The molecule has 0 aliphatic rings. The second kappa shape index (κ2) is 15.5. The van der Waals surface area contributed by atoms with Crippen molar-refractivity contribution in [2.45, 2.75) is 59.3 Å². The number of hydrogen-bond donors (Lipinski definition) is 1. The van der Waals surface area contributed by atoms with Crippen LogP contribution in [-0.4, -0.2) is 19.6 Å². The van der Waals surface area contributed by atoms with Crippen molar-refractivity contribution < 1.29 is 5.11 Å². The van der Waals surface area contributed by atoms with E-state index in [1.165, 1.54) is 16.7 Å². The summed E-state index contributed by atoms with van der Waals surface area (Å²) in [4.78, 5) is 10.4. The van der Waals surface area contributed by atoms with Crippen LogP contribution in [0.2, 0.25) is 0 Å². The summed E-state index contributed by atoms with van der Waals surface area (Å²) in [6, 6.07) is 59.9. The molecule has 0 radical (unpaired) electrons. The van der Waals surface area contributed by atoms with Gasteiger partial charge in [-0.2, -0.15) is 0 Å². The SMILES string of the molecule is Cc1ccc(-c2ccnc(-c3cc(-c4ccccc4)cc(-c4cccc5c4nc(-c4ccccc4O)n5-c4ccc(C(C)(C)C)cc4-c4ccc(C(C)(C)C)cc4)c3)c2)cc1. The van der Waals surface area contributed by atoms with E-state index in [1.807, 2.05) is 24.4 Å². The molecular weight excluding hydrogens is 743 g/mol. The van der Waals surface area contributed by atoms with Crippen LogP contribution in [0.25, 0.3) is 83.9 Å². The lowest BCUT2D eigenvalue weighted by Crippen LogP contribution is -2.12. The molecule has 61 heavy (non-hydrogen) atoms. The highest BCUT2D eigenvalue weighted by Gasteiger charge is 2.24. The number of nitrogens with zero attached hydrogens (tertiary/aromatic N) is 3. The van der Waals surface area contributed by atoms with Crippen LogP contribution in [-0.2, 0) is 10.8 Å². The van der Waals surface area contributed by atoms with E-state index >= 15 is 0 Å². The van der Waals surface area contributed by atoms with Gasteiger partial charge in [0, 0.05) is 22.9 Å². The molecule has 9 rings (SSSR count). The number of benzene rings is 7. The lowest BCUT2D eigenvalue weighted by atomic mass is 9.83. The third-order valence-corrected chi connectivity index (χ3v) is 11.8. The first-order valence-corrected chi connectivity index (χ1v) is 21.1. The fourth-order valence-electron chi connectivity index (χ4n) is 8.24. The van der Waals surface area contributed by atoms with Crippen LogP contribution >= 0.6 is 0 Å². The zero-order valence-electron chi connectivity index (χ0n) is 36.0. The number of hydrogen-bond acceptors (Lipinski definition) is 3. The molecule has 0 amide bonds. The zero-order chi connectivity index (χ0) is 42.5. The molecule has 7 aromatic carbocycles. The number of pyridine rings is 1. The average Bonchev–Trinajstić information content (AvgIpc) is 3.65. The number of phenols is 1. The van der Waals surface area contributed by atoms with Gasteiger partial charge in [0.25, 0.3) is 0 Å². The summed E-state index contributed by atoms with van der Waals surface area (Å²) in [5, 5.41) is 11.5. The van der Waals surface area contributed by atoms with Gasteiger partial charge >= 0.3 is 0 Å². The molecule has 2 aromatic heterocycles. The summed E-state index contributed by atoms with van der Waals surface area (Å²) in [5.74, 6) is 0.847. The van der Waals surface area contributed by atoms with Gasteiger partial charge in [-0.05, 0) is 123 Å². The predicted octanol–water partition coefficient (Wildman–Crippen LogP) is 15.0. The summed E-state index contributed by atoms with van der Waals surface area (Å²) in [7, 11) is 0. The van der Waals surface area contributed by atoms with Crippen molar-refractivity contribution in [1.82, 2.24) is 14.5 Å². The Morgan fingerprint density at radius 1 is 0.459 bits per heavy atom. The molecule has 9 aromatic rings. The van der Waals surface area contributed by atoms with E-state index in [9.17, 15) is 5.11 Å². The molecule has 2 heterocycles. The normalized spacial score (nSPS) is 11.9. The van der Waals surface area contributed by atoms with Crippen LogP contribution in [0.5, 0.6) is 5.75 Å². The maximum absolute atomic E-state index is 11.5. The van der Waals surface area contributed by atoms with Crippen LogP contribution in [0.1, 0.15) is 58.2 Å². The van der Waals surface area contributed by atoms with Gasteiger partial charge in [0.1, 0.15) is 11.6 Å². The minimum Gasteiger partial charge on any atom is -0.507 e. The Labute approximate surface area is 359 Å². The fraction of sp³-hybridized carbons (Fsp3) is 0.158. The molecule has 0 spiro atoms. The van der Waals surface area contributed by atoms with Crippen molar-refractivity contribution in [1.29, 1.82) is 0 Å². The zero-order valence-corrected chi connectivity index (χ0v) is 36.0. The van der Waals surface area contributed by atoms with Crippen molar-refractivity contribution in [2.75, 3.05) is 0 Å². The Morgan fingerprint density at radius 2 is 1.08 bits per heavy atom. The number of aryl methyl sites for hydroxylation is 1. The molecule has 0 fully saturated rings. The first kappa shape index (κ1) is 39.4. The quantitative estimate of drug-likeness (QED) is 0.175. The molecule has 0 bridgehead atoms. The number of imidazole rings is 1. The first-order chi connectivity index (χ1) is 29.3. The second-order valence-electron chi connectivity index (χ2n) is 18.2. The Balaban J connectivity index is 1.30. The molecule has 1 N–H and O–H groups in total. The average molecular weight is 794 g/mol. The molecular formula is C57H51N3O. The maximum atomic E-state index is 11.5. The second-order valence-corrected chi connectivity index (χ2v) is 18.2. The molecule has 0 atom stereocenters. The van der Waals surface area contributed by atoms with E-state index in [2.05, 4.69) is 199 Å². The lowest BCUT2D eigenvalue weighted by Gasteiger charge is -2.23. The number of para-hydroxylation sites is 2. The summed E-state index contributed by atoms with van der Waals surface area (Å²) < 4.78 is 2.24. The van der Waals surface area contributed by atoms with Gasteiger partial charge in [-0.1, -0.05) is 156 Å². The number of fused-ring (bicyclic) bond motifs is 1. The summed E-state index contributed by atoms with van der Waals surface area (Å²) in [6.45, 7) is 15.6. The monoisotopic (exact) mass is 793 g/mol. The van der Waals surface area contributed by atoms with Gasteiger partial charge in [-0.25, -0.2) is 4.98 Å². The van der Waals surface area contributed by atoms with Gasteiger partial charge in [0.2, 0.25) is 0 Å². The van der Waals surface area contributed by atoms with Gasteiger partial charge in [-0.3, -0.25) is 9.55 Å². The van der Waals surface area contributed by atoms with Gasteiger partial charge in [0.05, 0.1) is 28.0 Å². The number of aromatic nitrogens is 3. The predicted molar refractivity (Wildman–Crippen MR) is 255 cm³/mol. The third-order valence-electron chi connectivity index (χ3n) is 11.8. The van der Waals surface area contributed by atoms with Crippen LogP contribution in [0.15, 0.2) is 176 Å². The van der Waals surface area contributed by atoms with Crippen molar-refractivity contribution in [3.05, 3.63) is 193 Å². The summed E-state index contributed by atoms with van der Waals surface area (Å²) >= 11 is 0. The number of aromatic hydroxyl groups is 1. The molecule has 300 valence electrons. The highest BCUT2D eigenvalue weighted by molar-refractivity contribution is 5.98. The van der Waals surface area contributed by atoms with Crippen LogP contribution in [0, 0.1) is 6.92 Å². The molecule has 4 nitrogen and oxygen atoms in total. The van der Waals surface area contributed by atoms with E-state index in [0.29, 0.717) is 11.4 Å². The Morgan fingerprint density at radius 3 is 1.80 bits per heavy atom. The van der Waals surface area contributed by atoms with Gasteiger partial charge < -0.3 is 5.11 Å². The first-order valence-electron chi connectivity index (χ1n) is 21.1. The standard InChI is InChI=1S/C57H51N3O/c1-37-20-22-39(23-21-37)41-30-31-58-50(35-41)44-33-42(38-14-9-8-10-15-38)32-43(34-44)47-17-13-18-52-54(47)59-55(48-16-11-12-19-53(48)61)60(52)51-29-28-46(57(5,6)7)36-49(51)40-24-26-45(27-25-40)56(2,3)4/h8-36,61H,1-7H3. The smallest absolute Gasteiger partial charge is 0.149 e. The van der Waals surface area contributed by atoms with E-state index in [1.54, 1.807) is 6.07 Å².